The van der Waals surface area contributed by atoms with E-state index >= 15 is 0 Å². The first-order valence-electron chi connectivity index (χ1n) is 12.5. The van der Waals surface area contributed by atoms with E-state index in [1.54, 1.807) is 6.07 Å². The van der Waals surface area contributed by atoms with Gasteiger partial charge in [0.05, 0.1) is 19.3 Å². The van der Waals surface area contributed by atoms with Crippen molar-refractivity contribution in [1.29, 1.82) is 0 Å². The second-order valence-corrected chi connectivity index (χ2v) is 8.38. The fourth-order valence-electron chi connectivity index (χ4n) is 3.73. The van der Waals surface area contributed by atoms with E-state index in [1.807, 2.05) is 98.8 Å². The van der Waals surface area contributed by atoms with E-state index in [1.165, 1.54) is 0 Å². The average molecular weight is 509 g/mol. The molecule has 0 atom stereocenters. The van der Waals surface area contributed by atoms with Gasteiger partial charge in [0.1, 0.15) is 23.7 Å². The van der Waals surface area contributed by atoms with Crippen LogP contribution in [0.5, 0.6) is 5.75 Å². The highest BCUT2D eigenvalue weighted by Gasteiger charge is 2.17. The molecule has 0 fully saturated rings. The van der Waals surface area contributed by atoms with Crippen molar-refractivity contribution >= 4 is 11.8 Å². The van der Waals surface area contributed by atoms with E-state index in [0.717, 1.165) is 28.1 Å². The molecule has 0 saturated heterocycles. The molecule has 2 amide bonds. The smallest absolute Gasteiger partial charge is 0.271 e. The molecule has 3 N–H and O–H groups in total. The number of H-pyrrole nitrogens is 1. The maximum absolute atomic E-state index is 12.5. The Kier molecular flexibility index (Phi) is 9.71. The molecule has 0 radical (unpaired) electrons. The molecule has 4 aromatic rings. The van der Waals surface area contributed by atoms with Crippen LogP contribution in [0.1, 0.15) is 60.1 Å². The monoisotopic (exact) mass is 508 g/mol. The van der Waals surface area contributed by atoms with E-state index in [4.69, 9.17) is 4.74 Å². The number of ether oxygens (including phenoxy) is 1. The van der Waals surface area contributed by atoms with Gasteiger partial charge in [-0.3, -0.25) is 24.1 Å². The van der Waals surface area contributed by atoms with Crippen LogP contribution in [-0.2, 0) is 20.1 Å². The molecule has 9 heteroatoms. The van der Waals surface area contributed by atoms with E-state index < -0.39 is 0 Å². The van der Waals surface area contributed by atoms with Gasteiger partial charge in [-0.15, -0.1) is 0 Å². The third kappa shape index (κ3) is 7.13. The Hall–Kier alpha value is -4.27. The molecule has 0 unspecified atom stereocenters. The molecule has 4 rings (SSSR count). The van der Waals surface area contributed by atoms with Gasteiger partial charge in [0, 0.05) is 22.1 Å². The molecule has 9 nitrogen and oxygen atoms in total. The number of hydrogen-bond acceptors (Lipinski definition) is 4. The number of aromatic amines is 1. The van der Waals surface area contributed by atoms with Crippen LogP contribution >= 0.6 is 0 Å². The zero-order chi connectivity index (χ0) is 26.8. The molecular weight excluding hydrogens is 468 g/mol. The van der Waals surface area contributed by atoms with E-state index in [2.05, 4.69) is 20.8 Å². The number of aromatic nitrogens is 4. The average Bonchev–Trinajstić information content (AvgIpc) is 3.36. The van der Waals surface area contributed by atoms with Crippen LogP contribution in [0.2, 0.25) is 0 Å². The van der Waals surface area contributed by atoms with Crippen molar-refractivity contribution < 1.29 is 17.2 Å². The number of carbonyl (C=O) groups is 2. The number of benzene rings is 2. The van der Waals surface area contributed by atoms with Crippen LogP contribution in [0, 0.1) is 13.8 Å². The second-order valence-electron chi connectivity index (χ2n) is 8.38. The minimum atomic E-state index is -0.236. The molecule has 2 heterocycles. The fourth-order valence-corrected chi connectivity index (χ4v) is 3.73. The van der Waals surface area contributed by atoms with Crippen LogP contribution in [0.3, 0.4) is 0 Å². The highest BCUT2D eigenvalue weighted by Crippen LogP contribution is 2.23. The molecule has 0 aliphatic carbocycles. The zero-order valence-electron chi connectivity index (χ0n) is 22.2. The van der Waals surface area contributed by atoms with Crippen LogP contribution in [0.25, 0.3) is 0 Å². The molecule has 0 aliphatic rings. The second kappa shape index (κ2) is 13.2. The standard InChI is InChI=1S/C26H30N6O3.C2H6.2H2/c1-18-14-22(30-29-18)25(33)27-12-13-35-24-11-7-10-21(19(24)2)16-32-17-23(31(32)3)26(34)28-15-20-8-5-4-6-9-20;1-2;;/h4-11,14,17H,12-13,15-16H2,1-3H3,(H,27,33)(H,28,34)(H,29,30);1-2H3;2*1H. The summed E-state index contributed by atoms with van der Waals surface area (Å²) in [7, 11) is 1.87. The summed E-state index contributed by atoms with van der Waals surface area (Å²) in [6.45, 7) is 9.67. The number of nitrogens with one attached hydrogen (secondary N) is 3. The Morgan fingerprint density at radius 3 is 2.46 bits per heavy atom. The predicted octanol–water partition coefficient (Wildman–Crippen LogP) is 4.47. The molecule has 0 aliphatic heterocycles. The molecule has 37 heavy (non-hydrogen) atoms. The van der Waals surface area contributed by atoms with Crippen molar-refractivity contribution in [3.05, 3.63) is 94.6 Å². The van der Waals surface area contributed by atoms with Crippen molar-refractivity contribution in [2.75, 3.05) is 13.2 Å². The largest absolute Gasteiger partial charge is 0.491 e. The Morgan fingerprint density at radius 2 is 1.78 bits per heavy atom. The Balaban J connectivity index is 0.00000186. The fraction of sp³-hybridized carbons (Fsp3) is 0.321. The van der Waals surface area contributed by atoms with Gasteiger partial charge in [-0.05, 0) is 42.7 Å². The third-order valence-corrected chi connectivity index (χ3v) is 5.85. The highest BCUT2D eigenvalue weighted by atomic mass is 16.5. The lowest BCUT2D eigenvalue weighted by molar-refractivity contribution is 0.0925. The molecule has 2 aromatic heterocycles. The minimum absolute atomic E-state index is 0. The number of rotatable bonds is 10. The van der Waals surface area contributed by atoms with E-state index in [9.17, 15) is 9.59 Å². The number of aryl methyl sites for hydroxylation is 1. The zero-order valence-corrected chi connectivity index (χ0v) is 22.2. The lowest BCUT2D eigenvalue weighted by Crippen LogP contribution is -2.33. The van der Waals surface area contributed by atoms with Crippen LogP contribution in [-0.4, -0.2) is 44.5 Å². The van der Waals surface area contributed by atoms with Gasteiger partial charge in [-0.2, -0.15) is 5.10 Å². The predicted molar refractivity (Wildman–Crippen MR) is 148 cm³/mol. The first kappa shape index (κ1) is 27.3. The SMILES string of the molecule is CC.Cc1cc(C(=O)NCCOc2cccc(Cn3cc(C(=O)NCc4ccccc4)n3C)c2C)n[nH]1.[HH].[HH]. The summed E-state index contributed by atoms with van der Waals surface area (Å²) in [5.41, 5.74) is 4.98. The quantitative estimate of drug-likeness (QED) is 0.275. The molecule has 0 bridgehead atoms. The van der Waals surface area contributed by atoms with E-state index in [0.29, 0.717) is 37.6 Å². The lowest BCUT2D eigenvalue weighted by Gasteiger charge is -2.24. The summed E-state index contributed by atoms with van der Waals surface area (Å²) in [6, 6.07) is 17.4. The summed E-state index contributed by atoms with van der Waals surface area (Å²) in [4.78, 5) is 24.6. The molecule has 200 valence electrons. The maximum atomic E-state index is 12.5. The van der Waals surface area contributed by atoms with Gasteiger partial charge in [0.2, 0.25) is 0 Å². The minimum Gasteiger partial charge on any atom is -0.491 e. The van der Waals surface area contributed by atoms with Crippen LogP contribution in [0.4, 0.5) is 0 Å². The summed E-state index contributed by atoms with van der Waals surface area (Å²) in [5, 5.41) is 12.5. The van der Waals surface area contributed by atoms with Crippen LogP contribution < -0.4 is 15.4 Å². The first-order valence-corrected chi connectivity index (χ1v) is 12.5. The van der Waals surface area contributed by atoms with Gasteiger partial charge in [0.15, 0.2) is 0 Å². The highest BCUT2D eigenvalue weighted by molar-refractivity contribution is 5.93. The van der Waals surface area contributed by atoms with Crippen molar-refractivity contribution in [3.63, 3.8) is 0 Å². The summed E-state index contributed by atoms with van der Waals surface area (Å²) in [6.07, 6.45) is 1.85. The summed E-state index contributed by atoms with van der Waals surface area (Å²) in [5.74, 6) is 0.424. The molecule has 2 aromatic carbocycles. The van der Waals surface area contributed by atoms with Crippen molar-refractivity contribution in [2.24, 2.45) is 7.05 Å². The number of nitrogens with zero attached hydrogens (tertiary/aromatic N) is 3. The third-order valence-electron chi connectivity index (χ3n) is 5.85. The molecule has 0 saturated carbocycles. The van der Waals surface area contributed by atoms with Gasteiger partial charge in [0.25, 0.3) is 11.8 Å². The van der Waals surface area contributed by atoms with Gasteiger partial charge in [-0.1, -0.05) is 56.3 Å². The van der Waals surface area contributed by atoms with Crippen LogP contribution in [0.15, 0.2) is 60.8 Å². The van der Waals surface area contributed by atoms with Gasteiger partial charge in [-0.25, -0.2) is 0 Å². The maximum Gasteiger partial charge on any atom is 0.271 e. The number of hydrogen-bond donors (Lipinski definition) is 3. The number of carbonyl (C=O) groups excluding carboxylic acids is 2. The molecule has 0 spiro atoms. The Labute approximate surface area is 220 Å². The summed E-state index contributed by atoms with van der Waals surface area (Å²) < 4.78 is 9.74. The van der Waals surface area contributed by atoms with Crippen molar-refractivity contribution in [1.82, 2.24) is 30.2 Å². The summed E-state index contributed by atoms with van der Waals surface area (Å²) >= 11 is 0. The Morgan fingerprint density at radius 1 is 1.03 bits per heavy atom. The molecular formula is C28H40N6O3. The Bertz CT molecular complexity index is 1310. The first-order chi connectivity index (χ1) is 17.9. The topological polar surface area (TPSA) is 106 Å². The van der Waals surface area contributed by atoms with Gasteiger partial charge < -0.3 is 15.4 Å². The van der Waals surface area contributed by atoms with E-state index in [-0.39, 0.29) is 14.7 Å². The lowest BCUT2D eigenvalue weighted by atomic mass is 10.1. The normalized spacial score (nSPS) is 10.4. The number of amides is 2. The van der Waals surface area contributed by atoms with Crippen molar-refractivity contribution in [3.8, 4) is 5.75 Å². The van der Waals surface area contributed by atoms with Crippen molar-refractivity contribution in [2.45, 2.75) is 40.8 Å². The van der Waals surface area contributed by atoms with Gasteiger partial charge >= 0.3 is 0 Å².